The van der Waals surface area contributed by atoms with Crippen LogP contribution >= 0.6 is 23.2 Å². The van der Waals surface area contributed by atoms with Gasteiger partial charge in [-0.05, 0) is 42.5 Å². The number of nitrogens with zero attached hydrogens (tertiary/aromatic N) is 1. The Bertz CT molecular complexity index is 1110. The van der Waals surface area contributed by atoms with Crippen LogP contribution in [0.1, 0.15) is 20.7 Å². The molecule has 0 unspecified atom stereocenters. The number of rotatable bonds is 7. The van der Waals surface area contributed by atoms with E-state index >= 15 is 0 Å². The van der Waals surface area contributed by atoms with Gasteiger partial charge in [-0.15, -0.1) is 0 Å². The fourth-order valence-corrected chi connectivity index (χ4v) is 2.95. The number of carbonyl (C=O) groups excluding carboxylic acids is 2. The van der Waals surface area contributed by atoms with Crippen LogP contribution in [0.2, 0.25) is 10.0 Å². The normalized spacial score (nSPS) is 10.3. The second-order valence-electron chi connectivity index (χ2n) is 5.95. The maximum Gasteiger partial charge on any atom is 0.338 e. The smallest absolute Gasteiger partial charge is 0.338 e. The van der Waals surface area contributed by atoms with Crippen molar-refractivity contribution in [3.8, 4) is 11.5 Å². The zero-order valence-electron chi connectivity index (χ0n) is 15.2. The molecule has 0 aromatic heterocycles. The largest absolute Gasteiger partial charge is 0.454 e. The number of benzene rings is 3. The SMILES string of the molecule is O=C(OCC(=O)c1ccccc1Cl)c1ccc(Oc2c(Cl)cccc2[N+](=O)[O-])cc1. The molecule has 0 aliphatic carbocycles. The van der Waals surface area contributed by atoms with Crippen molar-refractivity contribution in [2.45, 2.75) is 0 Å². The van der Waals surface area contributed by atoms with Gasteiger partial charge >= 0.3 is 11.7 Å². The van der Waals surface area contributed by atoms with Crippen LogP contribution in [0.3, 0.4) is 0 Å². The molecule has 9 heteroatoms. The third-order valence-corrected chi connectivity index (χ3v) is 4.59. The average Bonchev–Trinajstić information content (AvgIpc) is 2.74. The van der Waals surface area contributed by atoms with Crippen molar-refractivity contribution in [1.29, 1.82) is 0 Å². The van der Waals surface area contributed by atoms with Crippen molar-refractivity contribution >= 4 is 40.6 Å². The monoisotopic (exact) mass is 445 g/mol. The molecule has 0 amide bonds. The fourth-order valence-electron chi connectivity index (χ4n) is 2.50. The van der Waals surface area contributed by atoms with Gasteiger partial charge in [-0.25, -0.2) is 4.79 Å². The predicted octanol–water partition coefficient (Wildman–Crippen LogP) is 5.73. The van der Waals surface area contributed by atoms with Gasteiger partial charge < -0.3 is 9.47 Å². The zero-order chi connectivity index (χ0) is 21.7. The highest BCUT2D eigenvalue weighted by Crippen LogP contribution is 2.37. The molecule has 7 nitrogen and oxygen atoms in total. The Kier molecular flexibility index (Phi) is 6.66. The van der Waals surface area contributed by atoms with E-state index in [1.807, 2.05) is 0 Å². The summed E-state index contributed by atoms with van der Waals surface area (Å²) in [5.41, 5.74) is 0.143. The molecule has 152 valence electrons. The summed E-state index contributed by atoms with van der Waals surface area (Å²) >= 11 is 11.9. The van der Waals surface area contributed by atoms with Crippen LogP contribution in [0.25, 0.3) is 0 Å². The Morgan fingerprint density at radius 3 is 2.23 bits per heavy atom. The minimum atomic E-state index is -0.717. The number of halogens is 2. The first-order valence-corrected chi connectivity index (χ1v) is 9.28. The molecule has 3 rings (SSSR count). The summed E-state index contributed by atoms with van der Waals surface area (Å²) in [6.07, 6.45) is 0. The Balaban J connectivity index is 1.66. The van der Waals surface area contributed by atoms with Crippen molar-refractivity contribution in [2.24, 2.45) is 0 Å². The third-order valence-electron chi connectivity index (χ3n) is 3.96. The molecule has 0 radical (unpaired) electrons. The van der Waals surface area contributed by atoms with Gasteiger partial charge in [0.2, 0.25) is 11.5 Å². The highest BCUT2D eigenvalue weighted by molar-refractivity contribution is 6.34. The molecular weight excluding hydrogens is 433 g/mol. The van der Waals surface area contributed by atoms with Gasteiger partial charge in [0.15, 0.2) is 6.61 Å². The van der Waals surface area contributed by atoms with Crippen LogP contribution in [-0.4, -0.2) is 23.3 Å². The molecule has 0 aliphatic heterocycles. The molecular formula is C21H13Cl2NO6. The number of para-hydroxylation sites is 1. The Morgan fingerprint density at radius 2 is 1.57 bits per heavy atom. The van der Waals surface area contributed by atoms with E-state index in [-0.39, 0.29) is 38.4 Å². The number of hydrogen-bond donors (Lipinski definition) is 0. The number of Topliss-reactive ketones (excluding diaryl/α,β-unsaturated/α-hetero) is 1. The lowest BCUT2D eigenvalue weighted by Crippen LogP contribution is -2.14. The van der Waals surface area contributed by atoms with E-state index < -0.39 is 23.3 Å². The van der Waals surface area contributed by atoms with Gasteiger partial charge in [-0.3, -0.25) is 14.9 Å². The lowest BCUT2D eigenvalue weighted by molar-refractivity contribution is -0.385. The fraction of sp³-hybridized carbons (Fsp3) is 0.0476. The van der Waals surface area contributed by atoms with Crippen LogP contribution in [0, 0.1) is 10.1 Å². The summed E-state index contributed by atoms with van der Waals surface area (Å²) in [5, 5.41) is 11.5. The van der Waals surface area contributed by atoms with Crippen LogP contribution in [0.15, 0.2) is 66.7 Å². The first-order valence-electron chi connectivity index (χ1n) is 8.52. The topological polar surface area (TPSA) is 95.7 Å². The van der Waals surface area contributed by atoms with Gasteiger partial charge in [-0.2, -0.15) is 0 Å². The summed E-state index contributed by atoms with van der Waals surface area (Å²) in [5.74, 6) is -1.02. The van der Waals surface area contributed by atoms with Crippen LogP contribution in [0.4, 0.5) is 5.69 Å². The van der Waals surface area contributed by atoms with Crippen molar-refractivity contribution in [2.75, 3.05) is 6.61 Å². The first-order chi connectivity index (χ1) is 14.4. The maximum atomic E-state index is 12.2. The summed E-state index contributed by atoms with van der Waals surface area (Å²) in [6, 6.07) is 16.3. The van der Waals surface area contributed by atoms with E-state index in [1.54, 1.807) is 24.3 Å². The molecule has 3 aromatic rings. The number of nitro benzene ring substituents is 1. The van der Waals surface area contributed by atoms with Gasteiger partial charge in [-0.1, -0.05) is 41.4 Å². The Morgan fingerprint density at radius 1 is 0.900 bits per heavy atom. The van der Waals surface area contributed by atoms with Gasteiger partial charge in [0.05, 0.1) is 20.5 Å². The van der Waals surface area contributed by atoms with E-state index in [0.29, 0.717) is 0 Å². The number of ketones is 1. The second kappa shape index (κ2) is 9.39. The van der Waals surface area contributed by atoms with Gasteiger partial charge in [0.1, 0.15) is 5.75 Å². The molecule has 0 saturated carbocycles. The molecule has 0 aliphatic rings. The van der Waals surface area contributed by atoms with Crippen molar-refractivity contribution < 1.29 is 24.0 Å². The minimum Gasteiger partial charge on any atom is -0.454 e. The molecule has 3 aromatic carbocycles. The van der Waals surface area contributed by atoms with Crippen LogP contribution in [-0.2, 0) is 4.74 Å². The van der Waals surface area contributed by atoms with Gasteiger partial charge in [0, 0.05) is 11.6 Å². The van der Waals surface area contributed by atoms with Crippen molar-refractivity contribution in [3.63, 3.8) is 0 Å². The van der Waals surface area contributed by atoms with Crippen LogP contribution in [0.5, 0.6) is 11.5 Å². The van der Waals surface area contributed by atoms with Crippen molar-refractivity contribution in [1.82, 2.24) is 0 Å². The number of nitro groups is 1. The summed E-state index contributed by atoms with van der Waals surface area (Å²) in [6.45, 7) is -0.466. The molecule has 0 bridgehead atoms. The number of carbonyl (C=O) groups is 2. The Hall–Kier alpha value is -3.42. The molecule has 0 atom stereocenters. The standard InChI is InChI=1S/C21H13Cl2NO6/c22-16-5-2-1-4-15(16)19(25)12-29-21(26)13-8-10-14(11-9-13)30-20-17(23)6-3-7-18(20)24(27)28/h1-11H,12H2. The summed E-state index contributed by atoms with van der Waals surface area (Å²) in [4.78, 5) is 34.8. The molecule has 30 heavy (non-hydrogen) atoms. The average molecular weight is 446 g/mol. The Labute approximate surface area is 180 Å². The van der Waals surface area contributed by atoms with E-state index in [2.05, 4.69) is 0 Å². The van der Waals surface area contributed by atoms with E-state index in [9.17, 15) is 19.7 Å². The highest BCUT2D eigenvalue weighted by atomic mass is 35.5. The quantitative estimate of drug-likeness (QED) is 0.199. The zero-order valence-corrected chi connectivity index (χ0v) is 16.7. The van der Waals surface area contributed by atoms with Crippen LogP contribution < -0.4 is 4.74 Å². The molecule has 0 spiro atoms. The highest BCUT2D eigenvalue weighted by Gasteiger charge is 2.19. The lowest BCUT2D eigenvalue weighted by atomic mass is 10.1. The molecule has 0 saturated heterocycles. The third kappa shape index (κ3) is 4.94. The van der Waals surface area contributed by atoms with Crippen molar-refractivity contribution in [3.05, 3.63) is 98.0 Å². The second-order valence-corrected chi connectivity index (χ2v) is 6.77. The number of hydrogen-bond acceptors (Lipinski definition) is 6. The molecule has 0 fully saturated rings. The first kappa shape index (κ1) is 21.3. The van der Waals surface area contributed by atoms with Gasteiger partial charge in [0.25, 0.3) is 0 Å². The minimum absolute atomic E-state index is 0.0748. The summed E-state index contributed by atoms with van der Waals surface area (Å²) in [7, 11) is 0. The summed E-state index contributed by atoms with van der Waals surface area (Å²) < 4.78 is 10.5. The molecule has 0 N–H and O–H groups in total. The van der Waals surface area contributed by atoms with E-state index in [1.165, 1.54) is 42.5 Å². The van der Waals surface area contributed by atoms with E-state index in [4.69, 9.17) is 32.7 Å². The number of ether oxygens (including phenoxy) is 2. The lowest BCUT2D eigenvalue weighted by Gasteiger charge is -2.09. The number of esters is 1. The molecule has 0 heterocycles. The van der Waals surface area contributed by atoms with E-state index in [0.717, 1.165) is 0 Å². The maximum absolute atomic E-state index is 12.2. The predicted molar refractivity (Wildman–Crippen MR) is 111 cm³/mol.